The monoisotopic (exact) mass is 358 g/mol. The lowest BCUT2D eigenvalue weighted by Gasteiger charge is -2.37. The number of halogens is 1. The fourth-order valence-electron chi connectivity index (χ4n) is 3.06. The first-order chi connectivity index (χ1) is 12.5. The predicted octanol–water partition coefficient (Wildman–Crippen LogP) is 3.16. The van der Waals surface area contributed by atoms with Crippen molar-refractivity contribution in [3.05, 3.63) is 54.1 Å². The Morgan fingerprint density at radius 1 is 1.27 bits per heavy atom. The van der Waals surface area contributed by atoms with Crippen LogP contribution in [0.4, 0.5) is 20.6 Å². The van der Waals surface area contributed by atoms with Gasteiger partial charge >= 0.3 is 6.03 Å². The number of urea groups is 1. The highest BCUT2D eigenvalue weighted by Crippen LogP contribution is 2.26. The molecule has 7 heteroatoms. The van der Waals surface area contributed by atoms with Gasteiger partial charge in [0, 0.05) is 25.0 Å². The summed E-state index contributed by atoms with van der Waals surface area (Å²) in [7, 11) is 0. The summed E-state index contributed by atoms with van der Waals surface area (Å²) in [5, 5.41) is 5.33. The lowest BCUT2D eigenvalue weighted by molar-refractivity contribution is -0.00539. The maximum atomic E-state index is 14.5. The van der Waals surface area contributed by atoms with Gasteiger partial charge in [0.05, 0.1) is 30.1 Å². The lowest BCUT2D eigenvalue weighted by Crippen LogP contribution is -2.45. The number of carbonyl (C=O) groups is 1. The number of morpholine rings is 1. The van der Waals surface area contributed by atoms with Gasteiger partial charge in [-0.1, -0.05) is 6.07 Å². The van der Waals surface area contributed by atoms with E-state index in [4.69, 9.17) is 4.74 Å². The molecule has 1 fully saturated rings. The smallest absolute Gasteiger partial charge is 0.319 e. The van der Waals surface area contributed by atoms with Crippen LogP contribution in [0.25, 0.3) is 0 Å². The number of benzene rings is 1. The summed E-state index contributed by atoms with van der Waals surface area (Å²) in [4.78, 5) is 18.1. The molecule has 1 aromatic heterocycles. The molecule has 0 unspecified atom stereocenters. The van der Waals surface area contributed by atoms with Crippen LogP contribution in [-0.2, 0) is 11.3 Å². The molecule has 2 atom stereocenters. The van der Waals surface area contributed by atoms with Gasteiger partial charge < -0.3 is 20.3 Å². The van der Waals surface area contributed by atoms with Gasteiger partial charge in [-0.05, 0) is 44.2 Å². The van der Waals surface area contributed by atoms with Gasteiger partial charge in [-0.15, -0.1) is 0 Å². The molecule has 1 aromatic carbocycles. The Hall–Kier alpha value is -2.67. The van der Waals surface area contributed by atoms with Crippen molar-refractivity contribution >= 4 is 17.4 Å². The standard InChI is InChI=1S/C19H23FN4O2/c1-13-11-24(12-14(2)26-13)18-7-6-15(9-17(18)20)23-19(25)22-10-16-5-3-4-8-21-16/h3-9,13-14H,10-12H2,1-2H3,(H2,22,23,25)/t13-,14-/m0/s1. The highest BCUT2D eigenvalue weighted by molar-refractivity contribution is 5.89. The molecular weight excluding hydrogens is 335 g/mol. The molecule has 26 heavy (non-hydrogen) atoms. The van der Waals surface area contributed by atoms with Gasteiger partial charge in [-0.2, -0.15) is 0 Å². The van der Waals surface area contributed by atoms with Crippen LogP contribution in [0, 0.1) is 5.82 Å². The third-order valence-corrected chi connectivity index (χ3v) is 4.12. The first-order valence-corrected chi connectivity index (χ1v) is 8.66. The van der Waals surface area contributed by atoms with Crippen LogP contribution in [0.15, 0.2) is 42.6 Å². The molecule has 2 N–H and O–H groups in total. The van der Waals surface area contributed by atoms with Gasteiger partial charge in [0.15, 0.2) is 0 Å². The maximum absolute atomic E-state index is 14.5. The number of pyridine rings is 1. The lowest BCUT2D eigenvalue weighted by atomic mass is 10.2. The van der Waals surface area contributed by atoms with E-state index in [1.165, 1.54) is 6.07 Å². The summed E-state index contributed by atoms with van der Waals surface area (Å²) in [5.41, 5.74) is 1.67. The first-order valence-electron chi connectivity index (χ1n) is 8.66. The average molecular weight is 358 g/mol. The van der Waals surface area contributed by atoms with Crippen molar-refractivity contribution < 1.29 is 13.9 Å². The third-order valence-electron chi connectivity index (χ3n) is 4.12. The molecule has 0 spiro atoms. The molecule has 138 valence electrons. The molecule has 0 radical (unpaired) electrons. The topological polar surface area (TPSA) is 66.5 Å². The molecule has 3 rings (SSSR count). The Kier molecular flexibility index (Phi) is 5.68. The van der Waals surface area contributed by atoms with Gasteiger partial charge in [-0.3, -0.25) is 4.98 Å². The molecule has 0 bridgehead atoms. The summed E-state index contributed by atoms with van der Waals surface area (Å²) < 4.78 is 20.2. The molecule has 0 saturated carbocycles. The largest absolute Gasteiger partial charge is 0.372 e. The van der Waals surface area contributed by atoms with E-state index < -0.39 is 6.03 Å². The quantitative estimate of drug-likeness (QED) is 0.881. The van der Waals surface area contributed by atoms with E-state index in [9.17, 15) is 9.18 Å². The molecule has 1 saturated heterocycles. The molecule has 2 amide bonds. The van der Waals surface area contributed by atoms with Crippen LogP contribution in [0.1, 0.15) is 19.5 Å². The Bertz CT molecular complexity index is 746. The minimum absolute atomic E-state index is 0.0494. The van der Waals surface area contributed by atoms with Crippen LogP contribution in [0.2, 0.25) is 0 Å². The SMILES string of the molecule is C[C@H]1CN(c2ccc(NC(=O)NCc3ccccn3)cc2F)C[C@H](C)O1. The molecule has 6 nitrogen and oxygen atoms in total. The predicted molar refractivity (Wildman–Crippen MR) is 98.7 cm³/mol. The average Bonchev–Trinajstić information content (AvgIpc) is 2.60. The van der Waals surface area contributed by atoms with E-state index in [-0.39, 0.29) is 18.0 Å². The van der Waals surface area contributed by atoms with Crippen LogP contribution in [0.5, 0.6) is 0 Å². The van der Waals surface area contributed by atoms with E-state index in [2.05, 4.69) is 15.6 Å². The van der Waals surface area contributed by atoms with E-state index in [1.54, 1.807) is 18.3 Å². The van der Waals surface area contributed by atoms with E-state index in [0.717, 1.165) is 5.69 Å². The van der Waals surface area contributed by atoms with Gasteiger partial charge in [0.25, 0.3) is 0 Å². The van der Waals surface area contributed by atoms with E-state index >= 15 is 0 Å². The van der Waals surface area contributed by atoms with Crippen molar-refractivity contribution in [2.75, 3.05) is 23.3 Å². The van der Waals surface area contributed by atoms with E-state index in [0.29, 0.717) is 31.0 Å². The van der Waals surface area contributed by atoms with Crippen molar-refractivity contribution in [2.45, 2.75) is 32.6 Å². The van der Waals surface area contributed by atoms with Crippen molar-refractivity contribution in [3.8, 4) is 0 Å². The zero-order valence-corrected chi connectivity index (χ0v) is 14.9. The minimum Gasteiger partial charge on any atom is -0.372 e. The minimum atomic E-state index is -0.406. The van der Waals surface area contributed by atoms with Crippen molar-refractivity contribution in [1.29, 1.82) is 0 Å². The second kappa shape index (κ2) is 8.14. The summed E-state index contributed by atoms with van der Waals surface area (Å²) >= 11 is 0. The normalized spacial score (nSPS) is 19.9. The Morgan fingerprint density at radius 3 is 2.69 bits per heavy atom. The Balaban J connectivity index is 1.59. The number of amides is 2. The summed E-state index contributed by atoms with van der Waals surface area (Å²) in [6, 6.07) is 9.79. The fourth-order valence-corrected chi connectivity index (χ4v) is 3.06. The number of anilines is 2. The fraction of sp³-hybridized carbons (Fsp3) is 0.368. The van der Waals surface area contributed by atoms with Gasteiger partial charge in [0.1, 0.15) is 5.82 Å². The molecule has 2 aromatic rings. The Labute approximate surface area is 152 Å². The van der Waals surface area contributed by atoms with E-state index in [1.807, 2.05) is 36.9 Å². The highest BCUT2D eigenvalue weighted by Gasteiger charge is 2.24. The first kappa shape index (κ1) is 18.1. The third kappa shape index (κ3) is 4.70. The number of nitrogens with zero attached hydrogens (tertiary/aromatic N) is 2. The Morgan fingerprint density at radius 2 is 2.04 bits per heavy atom. The highest BCUT2D eigenvalue weighted by atomic mass is 19.1. The molecule has 0 aliphatic carbocycles. The molecule has 2 heterocycles. The maximum Gasteiger partial charge on any atom is 0.319 e. The number of ether oxygens (including phenoxy) is 1. The number of aromatic nitrogens is 1. The number of carbonyl (C=O) groups excluding carboxylic acids is 1. The number of hydrogen-bond donors (Lipinski definition) is 2. The van der Waals surface area contributed by atoms with Crippen LogP contribution < -0.4 is 15.5 Å². The molecule has 1 aliphatic rings. The van der Waals surface area contributed by atoms with Crippen molar-refractivity contribution in [1.82, 2.24) is 10.3 Å². The van der Waals surface area contributed by atoms with Crippen LogP contribution >= 0.6 is 0 Å². The zero-order chi connectivity index (χ0) is 18.5. The van der Waals surface area contributed by atoms with Gasteiger partial charge in [0.2, 0.25) is 0 Å². The second-order valence-electron chi connectivity index (χ2n) is 6.46. The summed E-state index contributed by atoms with van der Waals surface area (Å²) in [6.07, 6.45) is 1.76. The molecular formula is C19H23FN4O2. The van der Waals surface area contributed by atoms with Crippen LogP contribution in [-0.4, -0.2) is 36.3 Å². The number of hydrogen-bond acceptors (Lipinski definition) is 4. The van der Waals surface area contributed by atoms with Crippen molar-refractivity contribution in [2.24, 2.45) is 0 Å². The number of nitrogens with one attached hydrogen (secondary N) is 2. The second-order valence-corrected chi connectivity index (χ2v) is 6.46. The summed E-state index contributed by atoms with van der Waals surface area (Å²) in [5.74, 6) is -0.367. The zero-order valence-electron chi connectivity index (χ0n) is 14.9. The van der Waals surface area contributed by atoms with Crippen molar-refractivity contribution in [3.63, 3.8) is 0 Å². The molecule has 1 aliphatic heterocycles. The number of rotatable bonds is 4. The summed E-state index contributed by atoms with van der Waals surface area (Å²) in [6.45, 7) is 5.53. The van der Waals surface area contributed by atoms with Gasteiger partial charge in [-0.25, -0.2) is 9.18 Å². The van der Waals surface area contributed by atoms with Crippen LogP contribution in [0.3, 0.4) is 0 Å².